The fraction of sp³-hybridized carbons (Fsp3) is 0.167. The molecule has 0 bridgehead atoms. The van der Waals surface area contributed by atoms with E-state index < -0.39 is 11.9 Å². The van der Waals surface area contributed by atoms with Crippen LogP contribution in [0.2, 0.25) is 0 Å². The molecule has 102 valence electrons. The van der Waals surface area contributed by atoms with Gasteiger partial charge in [0.05, 0.1) is 0 Å². The standard InChI is InChI=1S/C10H12N2O.C2H2O4/c13-12-6-5-8-7-11-10-4-2-1-3-9(8)10;3-1(4)2(5)6/h1-4,7,11-13H,5-6H2;(H,3,4)(H,5,6). The van der Waals surface area contributed by atoms with Crippen LogP contribution in [0.25, 0.3) is 10.9 Å². The molecule has 0 amide bonds. The number of carboxylic acids is 2. The molecule has 0 radical (unpaired) electrons. The average Bonchev–Trinajstić information content (AvgIpc) is 2.80. The Morgan fingerprint density at radius 3 is 2.37 bits per heavy atom. The smallest absolute Gasteiger partial charge is 0.414 e. The molecule has 0 aliphatic heterocycles. The molecule has 0 aliphatic carbocycles. The number of fused-ring (bicyclic) bond motifs is 1. The summed E-state index contributed by atoms with van der Waals surface area (Å²) in [5, 5.41) is 24.5. The second-order valence-corrected chi connectivity index (χ2v) is 3.63. The van der Waals surface area contributed by atoms with E-state index in [1.165, 1.54) is 10.9 Å². The number of carbonyl (C=O) groups is 2. The van der Waals surface area contributed by atoms with Crippen molar-refractivity contribution in [2.75, 3.05) is 6.54 Å². The molecule has 1 heterocycles. The number of nitrogens with one attached hydrogen (secondary N) is 2. The molecule has 0 aliphatic rings. The molecule has 2 rings (SSSR count). The van der Waals surface area contributed by atoms with Gasteiger partial charge in [0.1, 0.15) is 0 Å². The van der Waals surface area contributed by atoms with Crippen LogP contribution in [-0.2, 0) is 16.0 Å². The molecule has 19 heavy (non-hydrogen) atoms. The van der Waals surface area contributed by atoms with Gasteiger partial charge in [0.15, 0.2) is 0 Å². The highest BCUT2D eigenvalue weighted by atomic mass is 16.5. The Hall–Kier alpha value is -2.38. The minimum atomic E-state index is -1.82. The fourth-order valence-electron chi connectivity index (χ4n) is 1.53. The molecule has 0 atom stereocenters. The van der Waals surface area contributed by atoms with Crippen LogP contribution in [0.4, 0.5) is 0 Å². The van der Waals surface area contributed by atoms with E-state index in [-0.39, 0.29) is 0 Å². The van der Waals surface area contributed by atoms with Crippen molar-refractivity contribution in [1.29, 1.82) is 0 Å². The van der Waals surface area contributed by atoms with E-state index in [0.29, 0.717) is 6.54 Å². The number of aliphatic carboxylic acids is 2. The van der Waals surface area contributed by atoms with Crippen molar-refractivity contribution in [2.45, 2.75) is 6.42 Å². The first kappa shape index (κ1) is 14.7. The van der Waals surface area contributed by atoms with E-state index in [4.69, 9.17) is 25.0 Å². The summed E-state index contributed by atoms with van der Waals surface area (Å²) in [6.45, 7) is 0.585. The zero-order chi connectivity index (χ0) is 14.3. The molecule has 0 unspecified atom stereocenters. The zero-order valence-electron chi connectivity index (χ0n) is 9.96. The van der Waals surface area contributed by atoms with Gasteiger partial charge < -0.3 is 20.4 Å². The minimum absolute atomic E-state index is 0.585. The highest BCUT2D eigenvalue weighted by Gasteiger charge is 2.04. The molecule has 1 aromatic heterocycles. The van der Waals surface area contributed by atoms with Gasteiger partial charge in [-0.25, -0.2) is 15.1 Å². The van der Waals surface area contributed by atoms with Crippen LogP contribution in [0.1, 0.15) is 5.56 Å². The summed E-state index contributed by atoms with van der Waals surface area (Å²) < 4.78 is 0. The SMILES string of the molecule is O=C(O)C(=O)O.ONCCc1c[nH]c2ccccc12. The molecule has 2 aromatic rings. The van der Waals surface area contributed by atoms with Gasteiger partial charge in [-0.2, -0.15) is 0 Å². The molecule has 0 fully saturated rings. The Morgan fingerprint density at radius 2 is 1.79 bits per heavy atom. The summed E-state index contributed by atoms with van der Waals surface area (Å²) >= 11 is 0. The molecule has 0 saturated heterocycles. The molecule has 0 spiro atoms. The largest absolute Gasteiger partial charge is 0.473 e. The summed E-state index contributed by atoms with van der Waals surface area (Å²) in [4.78, 5) is 21.4. The Balaban J connectivity index is 0.000000258. The predicted octanol–water partition coefficient (Wildman–Crippen LogP) is 0.845. The van der Waals surface area contributed by atoms with Crippen LogP contribution in [0.3, 0.4) is 0 Å². The third kappa shape index (κ3) is 4.41. The first-order chi connectivity index (χ1) is 9.06. The summed E-state index contributed by atoms with van der Waals surface area (Å²) in [5.74, 6) is -3.65. The second-order valence-electron chi connectivity index (χ2n) is 3.63. The lowest BCUT2D eigenvalue weighted by Crippen LogP contribution is -2.10. The minimum Gasteiger partial charge on any atom is -0.473 e. The maximum Gasteiger partial charge on any atom is 0.414 e. The number of aromatic nitrogens is 1. The Morgan fingerprint density at radius 1 is 1.16 bits per heavy atom. The highest BCUT2D eigenvalue weighted by molar-refractivity contribution is 6.27. The molecule has 1 aromatic carbocycles. The third-order valence-electron chi connectivity index (χ3n) is 2.36. The van der Waals surface area contributed by atoms with Crippen LogP contribution in [0.15, 0.2) is 30.5 Å². The first-order valence-electron chi connectivity index (χ1n) is 5.44. The van der Waals surface area contributed by atoms with Crippen LogP contribution < -0.4 is 5.48 Å². The summed E-state index contributed by atoms with van der Waals surface area (Å²) in [7, 11) is 0. The van der Waals surface area contributed by atoms with Gasteiger partial charge in [-0.1, -0.05) is 18.2 Å². The van der Waals surface area contributed by atoms with E-state index >= 15 is 0 Å². The lowest BCUT2D eigenvalue weighted by atomic mass is 10.1. The average molecular weight is 266 g/mol. The van der Waals surface area contributed by atoms with Gasteiger partial charge in [0.25, 0.3) is 0 Å². The number of H-pyrrole nitrogens is 1. The number of aromatic amines is 1. The van der Waals surface area contributed by atoms with Crippen LogP contribution in [0, 0.1) is 0 Å². The number of hydroxylamine groups is 1. The second kappa shape index (κ2) is 7.14. The van der Waals surface area contributed by atoms with Gasteiger partial charge in [-0.15, -0.1) is 0 Å². The number of hydrogen-bond donors (Lipinski definition) is 5. The lowest BCUT2D eigenvalue weighted by Gasteiger charge is -1.96. The van der Waals surface area contributed by atoms with Crippen molar-refractivity contribution >= 4 is 22.8 Å². The topological polar surface area (TPSA) is 123 Å². The third-order valence-corrected chi connectivity index (χ3v) is 2.36. The van der Waals surface area contributed by atoms with Crippen molar-refractivity contribution < 1.29 is 25.0 Å². The molecular weight excluding hydrogens is 252 g/mol. The van der Waals surface area contributed by atoms with Crippen LogP contribution >= 0.6 is 0 Å². The number of rotatable bonds is 3. The van der Waals surface area contributed by atoms with E-state index in [2.05, 4.69) is 16.5 Å². The maximum atomic E-state index is 9.10. The van der Waals surface area contributed by atoms with Crippen molar-refractivity contribution in [3.8, 4) is 0 Å². The van der Waals surface area contributed by atoms with Crippen LogP contribution in [0.5, 0.6) is 0 Å². The van der Waals surface area contributed by atoms with E-state index in [1.54, 1.807) is 0 Å². The van der Waals surface area contributed by atoms with Crippen molar-refractivity contribution in [3.05, 3.63) is 36.0 Å². The molecule has 7 nitrogen and oxygen atoms in total. The van der Waals surface area contributed by atoms with Gasteiger partial charge >= 0.3 is 11.9 Å². The zero-order valence-corrected chi connectivity index (χ0v) is 9.96. The van der Waals surface area contributed by atoms with Gasteiger partial charge in [-0.05, 0) is 18.1 Å². The van der Waals surface area contributed by atoms with Crippen molar-refractivity contribution in [2.24, 2.45) is 0 Å². The normalized spacial score (nSPS) is 9.74. The summed E-state index contributed by atoms with van der Waals surface area (Å²) in [5.41, 5.74) is 4.54. The van der Waals surface area contributed by atoms with E-state index in [9.17, 15) is 0 Å². The number of benzene rings is 1. The predicted molar refractivity (Wildman–Crippen MR) is 67.1 cm³/mol. The molecule has 0 saturated carbocycles. The van der Waals surface area contributed by atoms with Gasteiger partial charge in [-0.3, -0.25) is 0 Å². The van der Waals surface area contributed by atoms with Crippen molar-refractivity contribution in [1.82, 2.24) is 10.5 Å². The quantitative estimate of drug-likeness (QED) is 0.414. The molecular formula is C12H14N2O5. The Kier molecular flexibility index (Phi) is 5.52. The number of hydrogen-bond acceptors (Lipinski definition) is 4. The fourth-order valence-corrected chi connectivity index (χ4v) is 1.53. The lowest BCUT2D eigenvalue weighted by molar-refractivity contribution is -0.159. The number of para-hydroxylation sites is 1. The summed E-state index contributed by atoms with van der Waals surface area (Å²) in [6.07, 6.45) is 2.82. The highest BCUT2D eigenvalue weighted by Crippen LogP contribution is 2.17. The van der Waals surface area contributed by atoms with Gasteiger partial charge in [0, 0.05) is 23.6 Å². The first-order valence-corrected chi connectivity index (χ1v) is 5.44. The van der Waals surface area contributed by atoms with E-state index in [0.717, 1.165) is 11.9 Å². The maximum absolute atomic E-state index is 9.10. The van der Waals surface area contributed by atoms with Crippen LogP contribution in [-0.4, -0.2) is 38.9 Å². The number of carboxylic acid groups (broad SMARTS) is 2. The van der Waals surface area contributed by atoms with Gasteiger partial charge in [0.2, 0.25) is 0 Å². The Bertz CT molecular complexity index is 552. The monoisotopic (exact) mass is 266 g/mol. The molecule has 5 N–H and O–H groups in total. The Labute approximate surface area is 108 Å². The van der Waals surface area contributed by atoms with Crippen molar-refractivity contribution in [3.63, 3.8) is 0 Å². The molecule has 7 heteroatoms. The summed E-state index contributed by atoms with van der Waals surface area (Å²) in [6, 6.07) is 8.16. The van der Waals surface area contributed by atoms with E-state index in [1.807, 2.05) is 24.4 Å².